The number of rotatable bonds is 5. The van der Waals surface area contributed by atoms with Crippen molar-refractivity contribution in [3.8, 4) is 0 Å². The molecule has 3 rings (SSSR count). The zero-order valence-corrected chi connectivity index (χ0v) is 14.0. The van der Waals surface area contributed by atoms with Gasteiger partial charge in [-0.3, -0.25) is 9.52 Å². The highest BCUT2D eigenvalue weighted by Crippen LogP contribution is 2.25. The Hall–Kier alpha value is -2.87. The number of sulfonamides is 1. The van der Waals surface area contributed by atoms with E-state index < -0.39 is 16.0 Å². The quantitative estimate of drug-likeness (QED) is 0.851. The van der Waals surface area contributed by atoms with E-state index in [9.17, 15) is 18.0 Å². The normalized spacial score (nSPS) is 14.6. The Labute approximate surface area is 144 Å². The van der Waals surface area contributed by atoms with Crippen molar-refractivity contribution in [2.24, 2.45) is 0 Å². The first-order valence-corrected chi connectivity index (χ1v) is 9.12. The van der Waals surface area contributed by atoms with Gasteiger partial charge in [0.05, 0.1) is 16.1 Å². The van der Waals surface area contributed by atoms with Crippen LogP contribution in [0.5, 0.6) is 0 Å². The van der Waals surface area contributed by atoms with Gasteiger partial charge in [-0.15, -0.1) is 0 Å². The molecule has 1 aliphatic heterocycles. The van der Waals surface area contributed by atoms with Crippen molar-refractivity contribution in [2.75, 3.05) is 16.2 Å². The summed E-state index contributed by atoms with van der Waals surface area (Å²) < 4.78 is 27.4. The van der Waals surface area contributed by atoms with Crippen LogP contribution in [-0.2, 0) is 14.8 Å². The van der Waals surface area contributed by atoms with Gasteiger partial charge in [0.15, 0.2) is 0 Å². The van der Waals surface area contributed by atoms with Crippen LogP contribution in [0.1, 0.15) is 23.2 Å². The lowest BCUT2D eigenvalue weighted by Crippen LogP contribution is -2.23. The minimum absolute atomic E-state index is 0.00849. The number of carboxylic acids is 1. The Morgan fingerprint density at radius 3 is 2.56 bits per heavy atom. The molecule has 1 fully saturated rings. The maximum atomic E-state index is 12.5. The predicted octanol–water partition coefficient (Wildman–Crippen LogP) is 2.31. The van der Waals surface area contributed by atoms with E-state index >= 15 is 0 Å². The van der Waals surface area contributed by atoms with Gasteiger partial charge in [-0.1, -0.05) is 12.1 Å². The Balaban J connectivity index is 1.87. The summed E-state index contributed by atoms with van der Waals surface area (Å²) in [5.41, 5.74) is 0.819. The first-order chi connectivity index (χ1) is 11.9. The van der Waals surface area contributed by atoms with E-state index in [0.717, 1.165) is 12.5 Å². The van der Waals surface area contributed by atoms with Crippen molar-refractivity contribution < 1.29 is 23.1 Å². The number of amides is 1. The Kier molecular flexibility index (Phi) is 4.45. The summed E-state index contributed by atoms with van der Waals surface area (Å²) in [5.74, 6) is -1.19. The average Bonchev–Trinajstić information content (AvgIpc) is 3.01. The maximum absolute atomic E-state index is 12.5. The Morgan fingerprint density at radius 1 is 1.12 bits per heavy atom. The first kappa shape index (κ1) is 17.0. The largest absolute Gasteiger partial charge is 0.478 e. The number of carbonyl (C=O) groups is 2. The van der Waals surface area contributed by atoms with E-state index in [-0.39, 0.29) is 16.4 Å². The topological polar surface area (TPSA) is 104 Å². The van der Waals surface area contributed by atoms with Gasteiger partial charge in [-0.2, -0.15) is 0 Å². The van der Waals surface area contributed by atoms with E-state index in [2.05, 4.69) is 4.72 Å². The molecule has 2 aromatic rings. The van der Waals surface area contributed by atoms with E-state index in [1.54, 1.807) is 29.2 Å². The van der Waals surface area contributed by atoms with Crippen molar-refractivity contribution in [3.63, 3.8) is 0 Å². The van der Waals surface area contributed by atoms with Crippen molar-refractivity contribution >= 4 is 33.3 Å². The minimum Gasteiger partial charge on any atom is -0.478 e. The molecule has 0 unspecified atom stereocenters. The predicted molar refractivity (Wildman–Crippen MR) is 92.2 cm³/mol. The van der Waals surface area contributed by atoms with E-state index in [1.165, 1.54) is 18.2 Å². The van der Waals surface area contributed by atoms with Gasteiger partial charge in [0, 0.05) is 18.7 Å². The number of anilines is 2. The van der Waals surface area contributed by atoms with Crippen LogP contribution < -0.4 is 9.62 Å². The molecule has 0 radical (unpaired) electrons. The standard InChI is InChI=1S/C17H16N2O5S/c20-16-8-3-9-19(16)14-6-2-5-13(11-14)18-25(23,24)15-7-1-4-12(10-15)17(21)22/h1-2,4-7,10-11,18H,3,8-9H2,(H,21,22). The molecule has 0 aromatic heterocycles. The SMILES string of the molecule is O=C(O)c1cccc(S(=O)(=O)Nc2cccc(N3CCCC3=O)c2)c1. The Bertz CT molecular complexity index is 940. The minimum atomic E-state index is -3.94. The third-order valence-corrected chi connectivity index (χ3v) is 5.25. The molecule has 0 saturated carbocycles. The zero-order valence-electron chi connectivity index (χ0n) is 13.2. The van der Waals surface area contributed by atoms with Gasteiger partial charge in [-0.25, -0.2) is 13.2 Å². The van der Waals surface area contributed by atoms with Crippen LogP contribution in [0, 0.1) is 0 Å². The van der Waals surface area contributed by atoms with Crippen LogP contribution >= 0.6 is 0 Å². The van der Waals surface area contributed by atoms with Crippen molar-refractivity contribution in [2.45, 2.75) is 17.7 Å². The van der Waals surface area contributed by atoms with Crippen molar-refractivity contribution in [1.82, 2.24) is 0 Å². The molecule has 1 amide bonds. The summed E-state index contributed by atoms with van der Waals surface area (Å²) in [6, 6.07) is 11.7. The van der Waals surface area contributed by atoms with Crippen LogP contribution in [0.25, 0.3) is 0 Å². The van der Waals surface area contributed by atoms with Crippen LogP contribution in [0.3, 0.4) is 0 Å². The Morgan fingerprint density at radius 2 is 1.88 bits per heavy atom. The lowest BCUT2D eigenvalue weighted by molar-refractivity contribution is -0.117. The summed E-state index contributed by atoms with van der Waals surface area (Å²) in [7, 11) is -3.94. The van der Waals surface area contributed by atoms with E-state index in [1.807, 2.05) is 0 Å². The number of hydrogen-bond donors (Lipinski definition) is 2. The number of aromatic carboxylic acids is 1. The maximum Gasteiger partial charge on any atom is 0.335 e. The summed E-state index contributed by atoms with van der Waals surface area (Å²) in [6.45, 7) is 0.607. The molecule has 2 aromatic carbocycles. The molecule has 1 heterocycles. The molecule has 8 heteroatoms. The highest BCUT2D eigenvalue weighted by molar-refractivity contribution is 7.92. The van der Waals surface area contributed by atoms with Crippen LogP contribution in [0.15, 0.2) is 53.4 Å². The van der Waals surface area contributed by atoms with Crippen molar-refractivity contribution in [1.29, 1.82) is 0 Å². The fourth-order valence-corrected chi connectivity index (χ4v) is 3.76. The summed E-state index contributed by atoms with van der Waals surface area (Å²) >= 11 is 0. The van der Waals surface area contributed by atoms with Gasteiger partial charge < -0.3 is 10.0 Å². The molecule has 0 bridgehead atoms. The number of carboxylic acid groups (broad SMARTS) is 1. The van der Waals surface area contributed by atoms with Crippen LogP contribution in [0.4, 0.5) is 11.4 Å². The number of carbonyl (C=O) groups excluding carboxylic acids is 1. The molecule has 0 atom stereocenters. The van der Waals surface area contributed by atoms with Crippen LogP contribution in [0.2, 0.25) is 0 Å². The van der Waals surface area contributed by atoms with Gasteiger partial charge in [0.25, 0.3) is 10.0 Å². The second-order valence-corrected chi connectivity index (χ2v) is 7.32. The molecule has 7 nitrogen and oxygen atoms in total. The second kappa shape index (κ2) is 6.56. The third kappa shape index (κ3) is 3.63. The molecule has 0 aliphatic carbocycles. The number of benzene rings is 2. The molecular formula is C17H16N2O5S. The fourth-order valence-electron chi connectivity index (χ4n) is 2.67. The molecule has 1 saturated heterocycles. The monoisotopic (exact) mass is 360 g/mol. The highest BCUT2D eigenvalue weighted by Gasteiger charge is 2.22. The average molecular weight is 360 g/mol. The smallest absolute Gasteiger partial charge is 0.335 e. The first-order valence-electron chi connectivity index (χ1n) is 7.63. The summed E-state index contributed by atoms with van der Waals surface area (Å²) in [5, 5.41) is 8.99. The molecule has 1 aliphatic rings. The van der Waals surface area contributed by atoms with E-state index in [4.69, 9.17) is 5.11 Å². The van der Waals surface area contributed by atoms with Gasteiger partial charge in [0.1, 0.15) is 0 Å². The lowest BCUT2D eigenvalue weighted by atomic mass is 10.2. The van der Waals surface area contributed by atoms with Gasteiger partial charge in [0.2, 0.25) is 5.91 Å². The van der Waals surface area contributed by atoms with Crippen molar-refractivity contribution in [3.05, 3.63) is 54.1 Å². The third-order valence-electron chi connectivity index (χ3n) is 3.87. The second-order valence-electron chi connectivity index (χ2n) is 5.64. The van der Waals surface area contributed by atoms with E-state index in [0.29, 0.717) is 24.3 Å². The molecule has 0 spiro atoms. The fraction of sp³-hybridized carbons (Fsp3) is 0.176. The summed E-state index contributed by atoms with van der Waals surface area (Å²) in [6.07, 6.45) is 1.26. The molecular weight excluding hydrogens is 344 g/mol. The highest BCUT2D eigenvalue weighted by atomic mass is 32.2. The van der Waals surface area contributed by atoms with Gasteiger partial charge >= 0.3 is 5.97 Å². The molecule has 2 N–H and O–H groups in total. The summed E-state index contributed by atoms with van der Waals surface area (Å²) in [4.78, 5) is 24.3. The van der Waals surface area contributed by atoms with Crippen LogP contribution in [-0.4, -0.2) is 31.9 Å². The number of hydrogen-bond acceptors (Lipinski definition) is 4. The lowest BCUT2D eigenvalue weighted by Gasteiger charge is -2.17. The number of nitrogens with zero attached hydrogens (tertiary/aromatic N) is 1. The number of nitrogens with one attached hydrogen (secondary N) is 1. The molecule has 25 heavy (non-hydrogen) atoms. The molecule has 130 valence electrons. The van der Waals surface area contributed by atoms with Gasteiger partial charge in [-0.05, 0) is 42.8 Å². The zero-order chi connectivity index (χ0) is 18.0.